The zero-order valence-electron chi connectivity index (χ0n) is 20.1. The second-order valence-electron chi connectivity index (χ2n) is 9.30. The number of fused-ring (bicyclic) bond motifs is 1. The number of amides is 1. The molecular weight excluding hydrogens is 439 g/mol. The normalized spacial score (nSPS) is 16.5. The van der Waals surface area contributed by atoms with Gasteiger partial charge < -0.3 is 5.32 Å². The number of anilines is 1. The molecule has 4 aromatic rings. The standard InChI is InChI=1S/C29H31FN4O/c1-2-8-21-9-3-4-11-25(21)32-29(35)22-10-7-18-33(19-22)20-28-31-26-12-5-6-13-27(26)34(28)24-16-14-23(30)15-17-24/h3-6,9,11-17,22H,2,7-8,10,18-20H2,1H3,(H,32,35)/t22-/m0/s1. The molecule has 1 aliphatic rings. The van der Waals surface area contributed by atoms with Gasteiger partial charge in [0, 0.05) is 17.9 Å². The summed E-state index contributed by atoms with van der Waals surface area (Å²) in [5.74, 6) is 0.657. The van der Waals surface area contributed by atoms with Crippen LogP contribution in [0.4, 0.5) is 10.1 Å². The minimum atomic E-state index is -0.259. The molecule has 1 N–H and O–H groups in total. The minimum absolute atomic E-state index is 0.0675. The highest BCUT2D eigenvalue weighted by Crippen LogP contribution is 2.26. The van der Waals surface area contributed by atoms with E-state index in [-0.39, 0.29) is 17.6 Å². The van der Waals surface area contributed by atoms with E-state index < -0.39 is 0 Å². The maximum Gasteiger partial charge on any atom is 0.228 e. The van der Waals surface area contributed by atoms with Crippen LogP contribution >= 0.6 is 0 Å². The Kier molecular flexibility index (Phi) is 6.91. The molecule has 0 aliphatic carbocycles. The number of nitrogens with zero attached hydrogens (tertiary/aromatic N) is 3. The van der Waals surface area contributed by atoms with Crippen molar-refractivity contribution in [2.45, 2.75) is 39.2 Å². The van der Waals surface area contributed by atoms with Crippen LogP contribution in [-0.2, 0) is 17.8 Å². The van der Waals surface area contributed by atoms with Crippen molar-refractivity contribution in [3.05, 3.63) is 90.0 Å². The summed E-state index contributed by atoms with van der Waals surface area (Å²) in [4.78, 5) is 20.4. The predicted molar refractivity (Wildman–Crippen MR) is 138 cm³/mol. The molecule has 35 heavy (non-hydrogen) atoms. The molecule has 0 bridgehead atoms. The highest BCUT2D eigenvalue weighted by Gasteiger charge is 2.27. The molecule has 5 rings (SSSR count). The monoisotopic (exact) mass is 470 g/mol. The molecule has 1 atom stereocenters. The molecule has 1 amide bonds. The summed E-state index contributed by atoms with van der Waals surface area (Å²) < 4.78 is 15.7. The quantitative estimate of drug-likeness (QED) is 0.362. The van der Waals surface area contributed by atoms with Gasteiger partial charge in [0.1, 0.15) is 11.6 Å². The van der Waals surface area contributed by atoms with E-state index in [1.807, 2.05) is 42.5 Å². The summed E-state index contributed by atoms with van der Waals surface area (Å²) in [7, 11) is 0. The van der Waals surface area contributed by atoms with Crippen molar-refractivity contribution in [3.63, 3.8) is 0 Å². The summed E-state index contributed by atoms with van der Waals surface area (Å²) in [5, 5.41) is 3.19. The van der Waals surface area contributed by atoms with E-state index in [9.17, 15) is 9.18 Å². The van der Waals surface area contributed by atoms with E-state index in [0.29, 0.717) is 13.1 Å². The van der Waals surface area contributed by atoms with E-state index in [0.717, 1.165) is 60.5 Å². The molecule has 0 radical (unpaired) electrons. The summed E-state index contributed by atoms with van der Waals surface area (Å²) in [6.45, 7) is 4.39. The van der Waals surface area contributed by atoms with Crippen molar-refractivity contribution < 1.29 is 9.18 Å². The molecule has 3 aromatic carbocycles. The zero-order chi connectivity index (χ0) is 24.2. The number of hydrogen-bond donors (Lipinski definition) is 1. The van der Waals surface area contributed by atoms with Gasteiger partial charge in [-0.3, -0.25) is 14.3 Å². The van der Waals surface area contributed by atoms with Crippen LogP contribution in [0.1, 0.15) is 37.6 Å². The average Bonchev–Trinajstić information content (AvgIpc) is 3.24. The van der Waals surface area contributed by atoms with Gasteiger partial charge in [-0.2, -0.15) is 0 Å². The highest BCUT2D eigenvalue weighted by atomic mass is 19.1. The number of halogens is 1. The maximum atomic E-state index is 13.6. The molecule has 6 heteroatoms. The van der Waals surface area contributed by atoms with Crippen LogP contribution < -0.4 is 5.32 Å². The Hall–Kier alpha value is -3.51. The summed E-state index contributed by atoms with van der Waals surface area (Å²) in [5.41, 5.74) is 4.89. The predicted octanol–water partition coefficient (Wildman–Crippen LogP) is 5.97. The van der Waals surface area contributed by atoms with Crippen LogP contribution in [0.3, 0.4) is 0 Å². The van der Waals surface area contributed by atoms with Crippen molar-refractivity contribution >= 4 is 22.6 Å². The zero-order valence-corrected chi connectivity index (χ0v) is 20.1. The third-order valence-corrected chi connectivity index (χ3v) is 6.75. The SMILES string of the molecule is CCCc1ccccc1NC(=O)[C@H]1CCCN(Cc2nc3ccccc3n2-c2ccc(F)cc2)C1. The smallest absolute Gasteiger partial charge is 0.228 e. The van der Waals surface area contributed by atoms with Crippen LogP contribution in [0.25, 0.3) is 16.7 Å². The van der Waals surface area contributed by atoms with Gasteiger partial charge in [-0.15, -0.1) is 0 Å². The molecule has 5 nitrogen and oxygen atoms in total. The van der Waals surface area contributed by atoms with Gasteiger partial charge in [-0.05, 0) is 73.8 Å². The van der Waals surface area contributed by atoms with Gasteiger partial charge in [-0.25, -0.2) is 9.37 Å². The first-order chi connectivity index (χ1) is 17.1. The Bertz CT molecular complexity index is 1310. The fraction of sp³-hybridized carbons (Fsp3) is 0.310. The lowest BCUT2D eigenvalue weighted by Crippen LogP contribution is -2.40. The first-order valence-corrected chi connectivity index (χ1v) is 12.5. The van der Waals surface area contributed by atoms with Crippen molar-refractivity contribution in [1.29, 1.82) is 0 Å². The van der Waals surface area contributed by atoms with Gasteiger partial charge in [0.2, 0.25) is 5.91 Å². The third-order valence-electron chi connectivity index (χ3n) is 6.75. The van der Waals surface area contributed by atoms with E-state index in [4.69, 9.17) is 4.98 Å². The minimum Gasteiger partial charge on any atom is -0.326 e. The number of carbonyl (C=O) groups excluding carboxylic acids is 1. The van der Waals surface area contributed by atoms with Crippen molar-refractivity contribution in [2.75, 3.05) is 18.4 Å². The molecule has 2 heterocycles. The van der Waals surface area contributed by atoms with Crippen molar-refractivity contribution in [1.82, 2.24) is 14.5 Å². The van der Waals surface area contributed by atoms with Crippen LogP contribution in [0, 0.1) is 11.7 Å². The highest BCUT2D eigenvalue weighted by molar-refractivity contribution is 5.93. The van der Waals surface area contributed by atoms with Crippen molar-refractivity contribution in [3.8, 4) is 5.69 Å². The molecule has 0 spiro atoms. The number of imidazole rings is 1. The lowest BCUT2D eigenvalue weighted by molar-refractivity contribution is -0.121. The first kappa shape index (κ1) is 23.2. The van der Waals surface area contributed by atoms with Gasteiger partial charge in [0.25, 0.3) is 0 Å². The Balaban J connectivity index is 1.35. The topological polar surface area (TPSA) is 50.2 Å². The number of aromatic nitrogens is 2. The second-order valence-corrected chi connectivity index (χ2v) is 9.30. The first-order valence-electron chi connectivity index (χ1n) is 12.5. The molecule has 0 unspecified atom stereocenters. The van der Waals surface area contributed by atoms with Crippen LogP contribution in [-0.4, -0.2) is 33.4 Å². The number of carbonyl (C=O) groups is 1. The molecule has 1 saturated heterocycles. The number of benzene rings is 3. The van der Waals surface area contributed by atoms with Crippen LogP contribution in [0.15, 0.2) is 72.8 Å². The largest absolute Gasteiger partial charge is 0.326 e. The average molecular weight is 471 g/mol. The molecule has 0 saturated carbocycles. The molecular formula is C29H31FN4O. The van der Waals surface area contributed by atoms with E-state index in [1.54, 1.807) is 12.1 Å². The Labute approximate surface area is 205 Å². The Morgan fingerprint density at radius 3 is 2.66 bits per heavy atom. The maximum absolute atomic E-state index is 13.6. The van der Waals surface area contributed by atoms with Gasteiger partial charge in [0.15, 0.2) is 0 Å². The lowest BCUT2D eigenvalue weighted by atomic mass is 9.96. The number of piperidine rings is 1. The Morgan fingerprint density at radius 1 is 1.06 bits per heavy atom. The Morgan fingerprint density at radius 2 is 1.83 bits per heavy atom. The number of likely N-dealkylation sites (tertiary alicyclic amines) is 1. The van der Waals surface area contributed by atoms with E-state index >= 15 is 0 Å². The summed E-state index contributed by atoms with van der Waals surface area (Å²) >= 11 is 0. The fourth-order valence-electron chi connectivity index (χ4n) is 5.04. The van der Waals surface area contributed by atoms with Crippen LogP contribution in [0.2, 0.25) is 0 Å². The van der Waals surface area contributed by atoms with Gasteiger partial charge in [-0.1, -0.05) is 43.7 Å². The fourth-order valence-corrected chi connectivity index (χ4v) is 5.04. The number of para-hydroxylation sites is 3. The number of hydrogen-bond acceptors (Lipinski definition) is 3. The number of rotatable bonds is 7. The van der Waals surface area contributed by atoms with Gasteiger partial charge in [0.05, 0.1) is 23.5 Å². The van der Waals surface area contributed by atoms with Gasteiger partial charge >= 0.3 is 0 Å². The molecule has 180 valence electrons. The van der Waals surface area contributed by atoms with E-state index in [2.05, 4.69) is 27.8 Å². The summed E-state index contributed by atoms with van der Waals surface area (Å²) in [6, 6.07) is 22.6. The third kappa shape index (κ3) is 5.13. The van der Waals surface area contributed by atoms with E-state index in [1.165, 1.54) is 17.7 Å². The molecule has 1 aromatic heterocycles. The number of nitrogens with one attached hydrogen (secondary N) is 1. The number of aryl methyl sites for hydroxylation is 1. The molecule has 1 aliphatic heterocycles. The molecule has 1 fully saturated rings. The lowest BCUT2D eigenvalue weighted by Gasteiger charge is -2.32. The second kappa shape index (κ2) is 10.4. The summed E-state index contributed by atoms with van der Waals surface area (Å²) in [6.07, 6.45) is 3.84. The van der Waals surface area contributed by atoms with Crippen molar-refractivity contribution in [2.24, 2.45) is 5.92 Å². The van der Waals surface area contributed by atoms with Crippen LogP contribution in [0.5, 0.6) is 0 Å².